The Balaban J connectivity index is 2.76. The molecule has 0 aliphatic rings. The molecule has 1 aromatic carbocycles. The molecule has 0 amide bonds. The van der Waals surface area contributed by atoms with E-state index in [1.54, 1.807) is 6.07 Å². The lowest BCUT2D eigenvalue weighted by Crippen LogP contribution is -2.24. The van der Waals surface area contributed by atoms with Gasteiger partial charge < -0.3 is 14.9 Å². The topological polar surface area (TPSA) is 43.8 Å². The average Bonchev–Trinajstić information content (AvgIpc) is 2.41. The van der Waals surface area contributed by atoms with Gasteiger partial charge in [-0.2, -0.15) is 0 Å². The van der Waals surface area contributed by atoms with Crippen LogP contribution in [0.5, 0.6) is 0 Å². The number of carbonyl (C=O) groups is 1. The molecule has 0 atom stereocenters. The van der Waals surface area contributed by atoms with Crippen LogP contribution < -0.4 is 4.90 Å². The van der Waals surface area contributed by atoms with Gasteiger partial charge in [0.1, 0.15) is 5.82 Å². The second-order valence-corrected chi connectivity index (χ2v) is 4.84. The molecule has 0 fully saturated rings. The molecule has 1 N–H and O–H groups in total. The van der Waals surface area contributed by atoms with Crippen molar-refractivity contribution >= 4 is 11.7 Å². The maximum Gasteiger partial charge on any atom is 0.304 e. The van der Waals surface area contributed by atoms with Crippen LogP contribution in [0.3, 0.4) is 0 Å². The first-order valence-electron chi connectivity index (χ1n) is 6.91. The van der Waals surface area contributed by atoms with E-state index in [1.165, 1.54) is 6.07 Å². The van der Waals surface area contributed by atoms with Crippen LogP contribution in [-0.4, -0.2) is 42.7 Å². The van der Waals surface area contributed by atoms with E-state index in [9.17, 15) is 9.18 Å². The predicted octanol–water partition coefficient (Wildman–Crippen LogP) is 2.58. The fourth-order valence-corrected chi connectivity index (χ4v) is 2.14. The summed E-state index contributed by atoms with van der Waals surface area (Å²) in [6.07, 6.45) is 0.112. The Kier molecular flexibility index (Phi) is 6.45. The van der Waals surface area contributed by atoms with E-state index < -0.39 is 5.97 Å². The Morgan fingerprint density at radius 3 is 2.50 bits per heavy atom. The van der Waals surface area contributed by atoms with E-state index in [2.05, 4.69) is 0 Å². The second-order valence-electron chi connectivity index (χ2n) is 4.84. The zero-order valence-electron chi connectivity index (χ0n) is 12.4. The van der Waals surface area contributed by atoms with Gasteiger partial charge in [0.05, 0.1) is 12.1 Å². The number of anilines is 1. The zero-order chi connectivity index (χ0) is 15.1. The average molecular weight is 282 g/mol. The molecule has 5 heteroatoms. The van der Waals surface area contributed by atoms with Crippen molar-refractivity contribution in [1.82, 2.24) is 4.90 Å². The van der Waals surface area contributed by atoms with E-state index in [0.29, 0.717) is 18.8 Å². The lowest BCUT2D eigenvalue weighted by Gasteiger charge is -2.23. The third kappa shape index (κ3) is 4.81. The lowest BCUT2D eigenvalue weighted by molar-refractivity contribution is -0.137. The van der Waals surface area contributed by atoms with Crippen LogP contribution in [0.15, 0.2) is 18.2 Å². The van der Waals surface area contributed by atoms with Gasteiger partial charge in [-0.25, -0.2) is 4.39 Å². The molecule has 0 heterocycles. The third-order valence-electron chi connectivity index (χ3n) is 3.27. The molecule has 4 nitrogen and oxygen atoms in total. The minimum absolute atomic E-state index is 0.112. The van der Waals surface area contributed by atoms with Gasteiger partial charge in [-0.1, -0.05) is 6.07 Å². The summed E-state index contributed by atoms with van der Waals surface area (Å²) in [5.41, 5.74) is 1.60. The van der Waals surface area contributed by atoms with Gasteiger partial charge >= 0.3 is 5.97 Å². The molecule has 0 saturated carbocycles. The Bertz CT molecular complexity index is 447. The summed E-state index contributed by atoms with van der Waals surface area (Å²) < 4.78 is 13.9. The molecule has 112 valence electrons. The molecule has 1 aromatic rings. The largest absolute Gasteiger partial charge is 0.481 e. The van der Waals surface area contributed by atoms with Gasteiger partial charge in [-0.15, -0.1) is 0 Å². The van der Waals surface area contributed by atoms with Crippen LogP contribution in [0, 0.1) is 5.82 Å². The third-order valence-corrected chi connectivity index (χ3v) is 3.27. The normalized spacial score (nSPS) is 10.8. The highest BCUT2D eigenvalue weighted by Crippen LogP contribution is 2.21. The second kappa shape index (κ2) is 7.85. The predicted molar refractivity (Wildman–Crippen MR) is 78.5 cm³/mol. The van der Waals surface area contributed by atoms with E-state index in [4.69, 9.17) is 5.11 Å². The van der Waals surface area contributed by atoms with E-state index in [0.717, 1.165) is 18.7 Å². The van der Waals surface area contributed by atoms with Crippen molar-refractivity contribution in [2.24, 2.45) is 0 Å². The molecule has 0 saturated heterocycles. The highest BCUT2D eigenvalue weighted by Gasteiger charge is 2.10. The standard InChI is InChI=1S/C15H23FN2O2/c1-4-18(5-2)14-10-12(6-7-13(14)16)11-17(3)9-8-15(19)20/h6-7,10H,4-5,8-9,11H2,1-3H3,(H,19,20). The Hall–Kier alpha value is -1.62. The molecule has 0 spiro atoms. The number of rotatable bonds is 8. The van der Waals surface area contributed by atoms with Crippen LogP contribution in [0.1, 0.15) is 25.8 Å². The summed E-state index contributed by atoms with van der Waals surface area (Å²) in [4.78, 5) is 14.4. The highest BCUT2D eigenvalue weighted by molar-refractivity contribution is 5.66. The first kappa shape index (κ1) is 16.4. The Labute approximate surface area is 119 Å². The van der Waals surface area contributed by atoms with Crippen molar-refractivity contribution in [3.05, 3.63) is 29.6 Å². The van der Waals surface area contributed by atoms with Crippen LogP contribution in [-0.2, 0) is 11.3 Å². The molecule has 0 bridgehead atoms. The van der Waals surface area contributed by atoms with Crippen molar-refractivity contribution in [3.8, 4) is 0 Å². The maximum absolute atomic E-state index is 13.9. The first-order chi connectivity index (χ1) is 9.47. The minimum Gasteiger partial charge on any atom is -0.481 e. The Morgan fingerprint density at radius 2 is 1.95 bits per heavy atom. The molecular weight excluding hydrogens is 259 g/mol. The van der Waals surface area contributed by atoms with Gasteiger partial charge in [0.25, 0.3) is 0 Å². The highest BCUT2D eigenvalue weighted by atomic mass is 19.1. The van der Waals surface area contributed by atoms with Crippen LogP contribution in [0.4, 0.5) is 10.1 Å². The van der Waals surface area contributed by atoms with Gasteiger partial charge in [0, 0.05) is 26.2 Å². The van der Waals surface area contributed by atoms with Gasteiger partial charge in [0.2, 0.25) is 0 Å². The lowest BCUT2D eigenvalue weighted by atomic mass is 10.1. The maximum atomic E-state index is 13.9. The van der Waals surface area contributed by atoms with E-state index in [-0.39, 0.29) is 12.2 Å². The smallest absolute Gasteiger partial charge is 0.304 e. The van der Waals surface area contributed by atoms with E-state index >= 15 is 0 Å². The number of carboxylic acid groups (broad SMARTS) is 1. The van der Waals surface area contributed by atoms with Crippen molar-refractivity contribution in [1.29, 1.82) is 0 Å². The summed E-state index contributed by atoms with van der Waals surface area (Å²) >= 11 is 0. The fraction of sp³-hybridized carbons (Fsp3) is 0.533. The van der Waals surface area contributed by atoms with Gasteiger partial charge in [-0.3, -0.25) is 4.79 Å². The number of nitrogens with zero attached hydrogens (tertiary/aromatic N) is 2. The number of benzene rings is 1. The summed E-state index contributed by atoms with van der Waals surface area (Å²) in [7, 11) is 1.86. The molecule has 0 unspecified atom stereocenters. The first-order valence-corrected chi connectivity index (χ1v) is 6.91. The fourth-order valence-electron chi connectivity index (χ4n) is 2.14. The minimum atomic E-state index is -0.806. The molecule has 0 aliphatic heterocycles. The molecular formula is C15H23FN2O2. The van der Waals surface area contributed by atoms with Crippen molar-refractivity contribution in [3.63, 3.8) is 0 Å². The van der Waals surface area contributed by atoms with Crippen LogP contribution in [0.25, 0.3) is 0 Å². The monoisotopic (exact) mass is 282 g/mol. The number of aliphatic carboxylic acids is 1. The van der Waals surface area contributed by atoms with Crippen molar-refractivity contribution in [2.75, 3.05) is 31.6 Å². The molecule has 20 heavy (non-hydrogen) atoms. The van der Waals surface area contributed by atoms with Gasteiger partial charge in [0.15, 0.2) is 0 Å². The number of halogens is 1. The molecule has 1 rings (SSSR count). The summed E-state index contributed by atoms with van der Waals surface area (Å²) in [6, 6.07) is 5.08. The molecule has 0 aliphatic carbocycles. The molecule has 0 radical (unpaired) electrons. The van der Waals surface area contributed by atoms with Crippen molar-refractivity contribution < 1.29 is 14.3 Å². The Morgan fingerprint density at radius 1 is 1.30 bits per heavy atom. The molecule has 0 aromatic heterocycles. The van der Waals surface area contributed by atoms with E-state index in [1.807, 2.05) is 36.8 Å². The number of hydrogen-bond acceptors (Lipinski definition) is 3. The quantitative estimate of drug-likeness (QED) is 0.796. The zero-order valence-corrected chi connectivity index (χ0v) is 12.4. The van der Waals surface area contributed by atoms with Gasteiger partial charge in [-0.05, 0) is 38.6 Å². The van der Waals surface area contributed by atoms with Crippen molar-refractivity contribution in [2.45, 2.75) is 26.8 Å². The SMILES string of the molecule is CCN(CC)c1cc(CN(C)CCC(=O)O)ccc1F. The number of carboxylic acids is 1. The van der Waals surface area contributed by atoms with Crippen LogP contribution in [0.2, 0.25) is 0 Å². The summed E-state index contributed by atoms with van der Waals surface area (Å²) in [6.45, 7) is 6.59. The summed E-state index contributed by atoms with van der Waals surface area (Å²) in [5, 5.41) is 8.66. The summed E-state index contributed by atoms with van der Waals surface area (Å²) in [5.74, 6) is -1.02. The van der Waals surface area contributed by atoms with Crippen LogP contribution >= 0.6 is 0 Å². The number of hydrogen-bond donors (Lipinski definition) is 1.